The molecule has 1 heterocycles. The summed E-state index contributed by atoms with van der Waals surface area (Å²) in [6.45, 7) is 8.30. The van der Waals surface area contributed by atoms with Crippen molar-refractivity contribution in [3.05, 3.63) is 84.2 Å². The molecule has 0 aliphatic heterocycles. The van der Waals surface area contributed by atoms with E-state index in [9.17, 15) is 4.79 Å². The van der Waals surface area contributed by atoms with Crippen LogP contribution in [0.4, 0.5) is 16.2 Å². The van der Waals surface area contributed by atoms with Gasteiger partial charge in [0.15, 0.2) is 0 Å². The number of nitrogens with zero attached hydrogens (tertiary/aromatic N) is 1. The monoisotopic (exact) mass is 455 g/mol. The molecule has 0 saturated carbocycles. The average Bonchev–Trinajstić information content (AvgIpc) is 2.80. The van der Waals surface area contributed by atoms with Crippen molar-refractivity contribution < 1.29 is 14.3 Å². The number of fused-ring (bicyclic) bond motifs is 1. The number of anilines is 2. The predicted octanol–water partition coefficient (Wildman–Crippen LogP) is 7.29. The molecule has 3 aromatic carbocycles. The van der Waals surface area contributed by atoms with Crippen LogP contribution in [0.15, 0.2) is 72.9 Å². The van der Waals surface area contributed by atoms with Crippen molar-refractivity contribution in [2.24, 2.45) is 0 Å². The van der Waals surface area contributed by atoms with Crippen LogP contribution in [0.1, 0.15) is 32.0 Å². The summed E-state index contributed by atoms with van der Waals surface area (Å²) in [5, 5.41) is 7.67. The average molecular weight is 456 g/mol. The number of carbonyl (C=O) groups excluding carboxylic acids is 1. The number of hydrogen-bond acceptors (Lipinski definition) is 4. The van der Waals surface area contributed by atoms with Gasteiger partial charge in [-0.1, -0.05) is 51.1 Å². The standard InChI is InChI=1S/C28H29N3O3/c1-18-16-20(14-15-29-18)34-25-13-11-23(21-8-6-7-9-22(21)25)30-27(32)31-24-17-19(28(2,3)4)10-12-26(24)33-5/h6-17H,1-5H3,(H2,30,31,32). The Bertz CT molecular complexity index is 1340. The zero-order chi connectivity index (χ0) is 24.3. The first-order valence-corrected chi connectivity index (χ1v) is 11.1. The number of urea groups is 1. The highest BCUT2D eigenvalue weighted by Crippen LogP contribution is 2.35. The molecule has 34 heavy (non-hydrogen) atoms. The number of benzene rings is 3. The maximum Gasteiger partial charge on any atom is 0.323 e. The Morgan fingerprint density at radius 3 is 2.26 bits per heavy atom. The van der Waals surface area contributed by atoms with E-state index < -0.39 is 0 Å². The summed E-state index contributed by atoms with van der Waals surface area (Å²) < 4.78 is 11.6. The molecule has 6 heteroatoms. The van der Waals surface area contributed by atoms with E-state index in [2.05, 4.69) is 36.4 Å². The minimum Gasteiger partial charge on any atom is -0.495 e. The predicted molar refractivity (Wildman–Crippen MR) is 137 cm³/mol. The van der Waals surface area contributed by atoms with Crippen molar-refractivity contribution in [1.29, 1.82) is 0 Å². The van der Waals surface area contributed by atoms with Gasteiger partial charge in [-0.25, -0.2) is 4.79 Å². The quantitative estimate of drug-likeness (QED) is 0.331. The van der Waals surface area contributed by atoms with E-state index in [1.54, 1.807) is 13.3 Å². The van der Waals surface area contributed by atoms with Crippen LogP contribution >= 0.6 is 0 Å². The lowest BCUT2D eigenvalue weighted by molar-refractivity contribution is 0.262. The summed E-state index contributed by atoms with van der Waals surface area (Å²) in [6.07, 6.45) is 1.72. The van der Waals surface area contributed by atoms with Crippen LogP contribution in [-0.4, -0.2) is 18.1 Å². The topological polar surface area (TPSA) is 72.5 Å². The Kier molecular flexibility index (Phi) is 6.41. The van der Waals surface area contributed by atoms with Crippen molar-refractivity contribution in [2.75, 3.05) is 17.7 Å². The smallest absolute Gasteiger partial charge is 0.323 e. The van der Waals surface area contributed by atoms with Crippen LogP contribution in [0.2, 0.25) is 0 Å². The number of pyridine rings is 1. The fourth-order valence-electron chi connectivity index (χ4n) is 3.73. The van der Waals surface area contributed by atoms with Gasteiger partial charge >= 0.3 is 6.03 Å². The van der Waals surface area contributed by atoms with Crippen molar-refractivity contribution >= 4 is 28.2 Å². The molecule has 0 aliphatic rings. The van der Waals surface area contributed by atoms with Crippen LogP contribution < -0.4 is 20.1 Å². The van der Waals surface area contributed by atoms with Crippen LogP contribution in [0.25, 0.3) is 10.8 Å². The number of methoxy groups -OCH3 is 1. The zero-order valence-electron chi connectivity index (χ0n) is 20.1. The molecule has 174 valence electrons. The Morgan fingerprint density at radius 1 is 0.853 bits per heavy atom. The fraction of sp³-hybridized carbons (Fsp3) is 0.214. The SMILES string of the molecule is COc1ccc(C(C)(C)C)cc1NC(=O)Nc1ccc(Oc2ccnc(C)c2)c2ccccc12. The third-order valence-electron chi connectivity index (χ3n) is 5.54. The fourth-order valence-corrected chi connectivity index (χ4v) is 3.73. The molecule has 0 fully saturated rings. The minimum absolute atomic E-state index is 0.0570. The number of carbonyl (C=O) groups is 1. The highest BCUT2D eigenvalue weighted by Gasteiger charge is 2.17. The Hall–Kier alpha value is -4.06. The molecule has 4 rings (SSSR count). The summed E-state index contributed by atoms with van der Waals surface area (Å²) in [5.41, 5.74) is 3.21. The molecule has 0 aliphatic carbocycles. The molecule has 0 radical (unpaired) electrons. The van der Waals surface area contributed by atoms with Crippen molar-refractivity contribution in [2.45, 2.75) is 33.1 Å². The first-order chi connectivity index (χ1) is 16.2. The second-order valence-electron chi connectivity index (χ2n) is 9.14. The van der Waals surface area contributed by atoms with E-state index in [4.69, 9.17) is 9.47 Å². The summed E-state index contributed by atoms with van der Waals surface area (Å²) in [4.78, 5) is 17.2. The number of rotatable bonds is 5. The molecule has 0 bridgehead atoms. The Morgan fingerprint density at radius 2 is 1.56 bits per heavy atom. The van der Waals surface area contributed by atoms with Gasteiger partial charge in [0, 0.05) is 28.7 Å². The van der Waals surface area contributed by atoms with E-state index in [1.807, 2.05) is 73.7 Å². The molecule has 4 aromatic rings. The van der Waals surface area contributed by atoms with E-state index in [-0.39, 0.29) is 11.4 Å². The Balaban J connectivity index is 1.60. The molecule has 2 amide bonds. The van der Waals surface area contributed by atoms with Crippen LogP contribution in [0.3, 0.4) is 0 Å². The van der Waals surface area contributed by atoms with Gasteiger partial charge in [0.2, 0.25) is 0 Å². The lowest BCUT2D eigenvalue weighted by Crippen LogP contribution is -2.21. The molecule has 0 unspecified atom stereocenters. The number of ether oxygens (including phenoxy) is 2. The first kappa shape index (κ1) is 23.1. The number of hydrogen-bond donors (Lipinski definition) is 2. The molecule has 0 atom stereocenters. The maximum atomic E-state index is 13.0. The normalized spacial score (nSPS) is 11.2. The summed E-state index contributed by atoms with van der Waals surface area (Å²) in [6, 6.07) is 20.7. The van der Waals surface area contributed by atoms with E-state index in [0.717, 1.165) is 22.0 Å². The third kappa shape index (κ3) is 5.12. The molecular formula is C28H29N3O3. The van der Waals surface area contributed by atoms with Crippen molar-refractivity contribution in [3.8, 4) is 17.2 Å². The molecule has 6 nitrogen and oxygen atoms in total. The highest BCUT2D eigenvalue weighted by molar-refractivity contribution is 6.08. The van der Waals surface area contributed by atoms with Crippen LogP contribution in [0, 0.1) is 6.92 Å². The van der Waals surface area contributed by atoms with E-state index in [1.165, 1.54) is 0 Å². The van der Waals surface area contributed by atoms with Crippen molar-refractivity contribution in [1.82, 2.24) is 4.98 Å². The maximum absolute atomic E-state index is 13.0. The van der Waals surface area contributed by atoms with Gasteiger partial charge in [0.1, 0.15) is 17.2 Å². The van der Waals surface area contributed by atoms with Gasteiger partial charge in [-0.05, 0) is 48.2 Å². The van der Waals surface area contributed by atoms with Crippen LogP contribution in [0.5, 0.6) is 17.2 Å². The molecule has 2 N–H and O–H groups in total. The van der Waals surface area contributed by atoms with Gasteiger partial charge in [0.25, 0.3) is 0 Å². The summed E-state index contributed by atoms with van der Waals surface area (Å²) >= 11 is 0. The van der Waals surface area contributed by atoms with E-state index in [0.29, 0.717) is 28.6 Å². The second kappa shape index (κ2) is 9.43. The van der Waals surface area contributed by atoms with Gasteiger partial charge in [-0.3, -0.25) is 4.98 Å². The molecular weight excluding hydrogens is 426 g/mol. The zero-order valence-corrected chi connectivity index (χ0v) is 20.1. The number of nitrogens with one attached hydrogen (secondary N) is 2. The molecule has 0 saturated heterocycles. The third-order valence-corrected chi connectivity index (χ3v) is 5.54. The number of aromatic nitrogens is 1. The lowest BCUT2D eigenvalue weighted by Gasteiger charge is -2.21. The summed E-state index contributed by atoms with van der Waals surface area (Å²) in [7, 11) is 1.59. The number of aryl methyl sites for hydroxylation is 1. The Labute approximate surface area is 199 Å². The second-order valence-corrected chi connectivity index (χ2v) is 9.14. The van der Waals surface area contributed by atoms with Crippen LogP contribution in [-0.2, 0) is 5.41 Å². The van der Waals surface area contributed by atoms with Gasteiger partial charge in [-0.15, -0.1) is 0 Å². The molecule has 0 spiro atoms. The van der Waals surface area contributed by atoms with Gasteiger partial charge in [0.05, 0.1) is 18.5 Å². The van der Waals surface area contributed by atoms with Gasteiger partial charge < -0.3 is 20.1 Å². The highest BCUT2D eigenvalue weighted by atomic mass is 16.5. The number of amides is 2. The largest absolute Gasteiger partial charge is 0.495 e. The minimum atomic E-state index is -0.354. The lowest BCUT2D eigenvalue weighted by atomic mass is 9.87. The van der Waals surface area contributed by atoms with E-state index >= 15 is 0 Å². The van der Waals surface area contributed by atoms with Crippen molar-refractivity contribution in [3.63, 3.8) is 0 Å². The first-order valence-electron chi connectivity index (χ1n) is 11.1. The molecule has 1 aromatic heterocycles. The summed E-state index contributed by atoms with van der Waals surface area (Å²) in [5.74, 6) is 2.01. The van der Waals surface area contributed by atoms with Gasteiger partial charge in [-0.2, -0.15) is 0 Å².